The molecule has 2 rings (SSSR count). The molecule has 13 heavy (non-hydrogen) atoms. The molecule has 3 nitrogen and oxygen atoms in total. The Kier molecular flexibility index (Phi) is 1.96. The van der Waals surface area contributed by atoms with Crippen LogP contribution in [0, 0.1) is 0 Å². The minimum Gasteiger partial charge on any atom is -0.481 e. The lowest BCUT2D eigenvalue weighted by atomic mass is 10.0. The van der Waals surface area contributed by atoms with Crippen molar-refractivity contribution >= 4 is 17.6 Å². The molecule has 1 aliphatic carbocycles. The molecule has 0 bridgehead atoms. The maximum absolute atomic E-state index is 10.8. The SMILES string of the molecule is O=C(O)C1CCc2nc(Cl)ccc21. The Balaban J connectivity index is 2.44. The fraction of sp³-hybridized carbons (Fsp3) is 0.333. The molecule has 1 aliphatic rings. The Morgan fingerprint density at radius 1 is 1.62 bits per heavy atom. The van der Waals surface area contributed by atoms with Crippen molar-refractivity contribution in [3.05, 3.63) is 28.5 Å². The number of carboxylic acid groups (broad SMARTS) is 1. The van der Waals surface area contributed by atoms with Crippen molar-refractivity contribution in [3.63, 3.8) is 0 Å². The topological polar surface area (TPSA) is 50.2 Å². The van der Waals surface area contributed by atoms with E-state index in [1.165, 1.54) is 0 Å². The number of hydrogen-bond acceptors (Lipinski definition) is 2. The summed E-state index contributed by atoms with van der Waals surface area (Å²) in [7, 11) is 0. The van der Waals surface area contributed by atoms with Gasteiger partial charge < -0.3 is 5.11 Å². The van der Waals surface area contributed by atoms with Crippen LogP contribution in [0.2, 0.25) is 5.15 Å². The van der Waals surface area contributed by atoms with Gasteiger partial charge in [-0.05, 0) is 24.5 Å². The Morgan fingerprint density at radius 2 is 2.38 bits per heavy atom. The molecule has 0 radical (unpaired) electrons. The molecule has 0 aromatic carbocycles. The molecule has 1 unspecified atom stereocenters. The summed E-state index contributed by atoms with van der Waals surface area (Å²) in [6.07, 6.45) is 1.35. The molecule has 1 heterocycles. The molecule has 0 saturated carbocycles. The Labute approximate surface area is 80.4 Å². The number of fused-ring (bicyclic) bond motifs is 1. The molecule has 0 saturated heterocycles. The van der Waals surface area contributed by atoms with Gasteiger partial charge in [0.1, 0.15) is 5.15 Å². The number of hydrogen-bond donors (Lipinski definition) is 1. The minimum atomic E-state index is -0.775. The molecular formula is C9H8ClNO2. The van der Waals surface area contributed by atoms with E-state index in [4.69, 9.17) is 16.7 Å². The van der Waals surface area contributed by atoms with Gasteiger partial charge >= 0.3 is 5.97 Å². The summed E-state index contributed by atoms with van der Waals surface area (Å²) < 4.78 is 0. The van der Waals surface area contributed by atoms with E-state index in [0.29, 0.717) is 18.0 Å². The molecule has 4 heteroatoms. The van der Waals surface area contributed by atoms with Gasteiger partial charge in [-0.3, -0.25) is 4.79 Å². The smallest absolute Gasteiger partial charge is 0.311 e. The van der Waals surface area contributed by atoms with Gasteiger partial charge in [0.15, 0.2) is 0 Å². The van der Waals surface area contributed by atoms with Crippen molar-refractivity contribution in [1.82, 2.24) is 4.98 Å². The first-order valence-corrected chi connectivity index (χ1v) is 4.44. The summed E-state index contributed by atoms with van der Waals surface area (Å²) in [6.45, 7) is 0. The number of nitrogens with zero attached hydrogens (tertiary/aromatic N) is 1. The van der Waals surface area contributed by atoms with Crippen LogP contribution in [0.25, 0.3) is 0 Å². The maximum Gasteiger partial charge on any atom is 0.311 e. The first-order valence-electron chi connectivity index (χ1n) is 4.06. The zero-order chi connectivity index (χ0) is 9.42. The Morgan fingerprint density at radius 3 is 3.08 bits per heavy atom. The lowest BCUT2D eigenvalue weighted by Crippen LogP contribution is -2.07. The minimum absolute atomic E-state index is 0.389. The van der Waals surface area contributed by atoms with Gasteiger partial charge in [-0.25, -0.2) is 4.98 Å². The number of carboxylic acids is 1. The summed E-state index contributed by atoms with van der Waals surface area (Å²) in [5.74, 6) is -1.16. The number of halogens is 1. The molecule has 0 spiro atoms. The highest BCUT2D eigenvalue weighted by atomic mass is 35.5. The highest BCUT2D eigenvalue weighted by Crippen LogP contribution is 2.32. The zero-order valence-electron chi connectivity index (χ0n) is 6.83. The predicted octanol–water partition coefficient (Wildman–Crippen LogP) is 1.85. The second kappa shape index (κ2) is 3.00. The molecule has 68 valence electrons. The van der Waals surface area contributed by atoms with Crippen LogP contribution in [-0.2, 0) is 11.2 Å². The summed E-state index contributed by atoms with van der Waals surface area (Å²) in [5.41, 5.74) is 1.65. The van der Waals surface area contributed by atoms with Crippen molar-refractivity contribution in [2.75, 3.05) is 0 Å². The molecule has 0 aliphatic heterocycles. The van der Waals surface area contributed by atoms with Crippen molar-refractivity contribution < 1.29 is 9.90 Å². The molecule has 0 amide bonds. The number of carbonyl (C=O) groups is 1. The van der Waals surface area contributed by atoms with Crippen molar-refractivity contribution in [2.45, 2.75) is 18.8 Å². The summed E-state index contributed by atoms with van der Waals surface area (Å²) in [6, 6.07) is 3.40. The van der Waals surface area contributed by atoms with E-state index in [0.717, 1.165) is 11.3 Å². The fourth-order valence-electron chi connectivity index (χ4n) is 1.70. The molecule has 1 aromatic rings. The van der Waals surface area contributed by atoms with Crippen LogP contribution in [0.5, 0.6) is 0 Å². The van der Waals surface area contributed by atoms with Gasteiger partial charge in [0.25, 0.3) is 0 Å². The summed E-state index contributed by atoms with van der Waals surface area (Å²) in [4.78, 5) is 14.9. The first-order chi connectivity index (χ1) is 6.18. The Bertz CT molecular complexity index is 365. The second-order valence-corrected chi connectivity index (χ2v) is 3.49. The highest BCUT2D eigenvalue weighted by molar-refractivity contribution is 6.29. The first kappa shape index (κ1) is 8.51. The highest BCUT2D eigenvalue weighted by Gasteiger charge is 2.29. The van der Waals surface area contributed by atoms with Gasteiger partial charge in [-0.15, -0.1) is 0 Å². The van der Waals surface area contributed by atoms with Gasteiger partial charge in [-0.1, -0.05) is 17.7 Å². The molecule has 1 atom stereocenters. The van der Waals surface area contributed by atoms with E-state index >= 15 is 0 Å². The number of aryl methyl sites for hydroxylation is 1. The molecule has 1 N–H and O–H groups in total. The number of rotatable bonds is 1. The van der Waals surface area contributed by atoms with Gasteiger partial charge in [-0.2, -0.15) is 0 Å². The third-order valence-electron chi connectivity index (χ3n) is 2.32. The van der Waals surface area contributed by atoms with Crippen LogP contribution in [0.1, 0.15) is 23.6 Å². The molecular weight excluding hydrogens is 190 g/mol. The van der Waals surface area contributed by atoms with Gasteiger partial charge in [0.2, 0.25) is 0 Å². The standard InChI is InChI=1S/C9H8ClNO2/c10-8-4-2-5-6(9(12)13)1-3-7(5)11-8/h2,4,6H,1,3H2,(H,12,13). The summed E-state index contributed by atoms with van der Waals surface area (Å²) >= 11 is 5.69. The zero-order valence-corrected chi connectivity index (χ0v) is 7.58. The molecule has 0 fully saturated rings. The second-order valence-electron chi connectivity index (χ2n) is 3.10. The van der Waals surface area contributed by atoms with Crippen LogP contribution in [-0.4, -0.2) is 16.1 Å². The average Bonchev–Trinajstić information content (AvgIpc) is 2.46. The van der Waals surface area contributed by atoms with E-state index in [1.54, 1.807) is 12.1 Å². The third kappa shape index (κ3) is 1.40. The molecule has 1 aromatic heterocycles. The number of pyridine rings is 1. The largest absolute Gasteiger partial charge is 0.481 e. The van der Waals surface area contributed by atoms with Gasteiger partial charge in [0.05, 0.1) is 5.92 Å². The van der Waals surface area contributed by atoms with Crippen LogP contribution in [0.4, 0.5) is 0 Å². The lowest BCUT2D eigenvalue weighted by Gasteiger charge is -2.04. The Hall–Kier alpha value is -1.09. The van der Waals surface area contributed by atoms with E-state index in [1.807, 2.05) is 0 Å². The van der Waals surface area contributed by atoms with Crippen LogP contribution in [0.3, 0.4) is 0 Å². The van der Waals surface area contributed by atoms with Crippen molar-refractivity contribution in [1.29, 1.82) is 0 Å². The van der Waals surface area contributed by atoms with Crippen LogP contribution < -0.4 is 0 Å². The maximum atomic E-state index is 10.8. The van der Waals surface area contributed by atoms with Crippen molar-refractivity contribution in [3.8, 4) is 0 Å². The normalized spacial score (nSPS) is 19.9. The summed E-state index contributed by atoms with van der Waals surface area (Å²) in [5, 5.41) is 9.30. The lowest BCUT2D eigenvalue weighted by molar-refractivity contribution is -0.138. The fourth-order valence-corrected chi connectivity index (χ4v) is 1.86. The monoisotopic (exact) mass is 197 g/mol. The van der Waals surface area contributed by atoms with E-state index in [-0.39, 0.29) is 5.92 Å². The van der Waals surface area contributed by atoms with Crippen molar-refractivity contribution in [2.24, 2.45) is 0 Å². The van der Waals surface area contributed by atoms with E-state index in [9.17, 15) is 4.79 Å². The third-order valence-corrected chi connectivity index (χ3v) is 2.53. The van der Waals surface area contributed by atoms with Gasteiger partial charge in [0, 0.05) is 5.69 Å². The van der Waals surface area contributed by atoms with Crippen LogP contribution >= 0.6 is 11.6 Å². The van der Waals surface area contributed by atoms with Crippen LogP contribution in [0.15, 0.2) is 12.1 Å². The number of aromatic nitrogens is 1. The predicted molar refractivity (Wildman–Crippen MR) is 47.9 cm³/mol. The van der Waals surface area contributed by atoms with E-state index < -0.39 is 5.97 Å². The number of aliphatic carboxylic acids is 1. The van der Waals surface area contributed by atoms with E-state index in [2.05, 4.69) is 4.98 Å². The quantitative estimate of drug-likeness (QED) is 0.699. The average molecular weight is 198 g/mol.